The summed E-state index contributed by atoms with van der Waals surface area (Å²) in [5.41, 5.74) is 0. The molecule has 9 nitrogen and oxygen atoms in total. The number of nitrogens with one attached hydrogen (secondary N) is 1. The van der Waals surface area contributed by atoms with Gasteiger partial charge >= 0.3 is 5.97 Å². The van der Waals surface area contributed by atoms with Gasteiger partial charge in [-0.3, -0.25) is 14.2 Å². The number of hydrogen-bond donors (Lipinski definition) is 1. The summed E-state index contributed by atoms with van der Waals surface area (Å²) in [6.45, 7) is 6.75. The Labute approximate surface area is 458 Å². The first-order chi connectivity index (χ1) is 35.9. The van der Waals surface area contributed by atoms with Crippen molar-refractivity contribution in [3.8, 4) is 0 Å². The van der Waals surface area contributed by atoms with Crippen molar-refractivity contribution in [3.05, 3.63) is 48.6 Å². The summed E-state index contributed by atoms with van der Waals surface area (Å²) in [4.78, 5) is 39.9. The molecule has 0 aromatic carbocycles. The smallest absolute Gasteiger partial charge is 0.306 e. The number of esters is 1. The number of quaternary nitrogens is 1. The lowest BCUT2D eigenvalue weighted by Gasteiger charge is -2.30. The topological polar surface area (TPSA) is 114 Å². The van der Waals surface area contributed by atoms with Crippen LogP contribution < -0.4 is 10.2 Å². The lowest BCUT2D eigenvalue weighted by molar-refractivity contribution is -0.870. The minimum atomic E-state index is -4.70. The lowest BCUT2D eigenvalue weighted by Crippen LogP contribution is -2.47. The number of carbonyl (C=O) groups excluding carboxylic acids is 2. The fourth-order valence-electron chi connectivity index (χ4n) is 9.14. The van der Waals surface area contributed by atoms with E-state index in [1.165, 1.54) is 180 Å². The third-order valence-electron chi connectivity index (χ3n) is 14.0. The van der Waals surface area contributed by atoms with E-state index in [9.17, 15) is 19.0 Å². The van der Waals surface area contributed by atoms with E-state index >= 15 is 0 Å². The van der Waals surface area contributed by atoms with Crippen LogP contribution in [0.4, 0.5) is 0 Å². The molecule has 3 atom stereocenters. The third-order valence-corrected chi connectivity index (χ3v) is 15.0. The van der Waals surface area contributed by atoms with Crippen molar-refractivity contribution in [1.29, 1.82) is 0 Å². The highest BCUT2D eigenvalue weighted by Crippen LogP contribution is 2.38. The normalized spacial score (nSPS) is 14.0. The summed E-state index contributed by atoms with van der Waals surface area (Å²) >= 11 is 0. The first-order valence-corrected chi connectivity index (χ1v) is 32.9. The SMILES string of the molecule is CC/C=C/C/C=C/CCCCCCCCCC(=O)OC(/C=C\CCCCCCCCCCC)C(COP(=O)([O-])OCC[N+](C)(C)C)NC(=O)CCCCCCCCCCCCCCC/C=C/CCCCCCCC. The number of amides is 1. The Hall–Kier alpha value is -2.03. The average Bonchev–Trinajstić information content (AvgIpc) is 3.36. The predicted molar refractivity (Wildman–Crippen MR) is 316 cm³/mol. The van der Waals surface area contributed by atoms with Crippen LogP contribution in [0.2, 0.25) is 0 Å². The van der Waals surface area contributed by atoms with Crippen LogP contribution in [0.1, 0.15) is 297 Å². The maximum Gasteiger partial charge on any atom is 0.306 e. The van der Waals surface area contributed by atoms with Gasteiger partial charge in [0.2, 0.25) is 5.91 Å². The maximum absolute atomic E-state index is 13.5. The molecule has 0 aliphatic carbocycles. The van der Waals surface area contributed by atoms with E-state index in [1.54, 1.807) is 0 Å². The van der Waals surface area contributed by atoms with E-state index in [0.717, 1.165) is 83.5 Å². The van der Waals surface area contributed by atoms with Crippen LogP contribution in [0.3, 0.4) is 0 Å². The molecule has 74 heavy (non-hydrogen) atoms. The standard InChI is InChI=1S/C64H121N2O7P/c1-7-10-13-16-19-22-25-27-29-30-31-32-33-34-35-36-37-38-41-44-47-50-53-56-63(67)65-61(60-72-74(69,70)71-59-58-66(4,5)6)62(55-52-49-46-43-40-24-21-18-15-12-9-3)73-64(68)57-54-51-48-45-42-39-28-26-23-20-17-14-11-8-2/h11,14,20,23,27,29,52,55,61-62H,7-10,12-13,15-19,21-22,24-26,28,30-51,53-54,56-60H2,1-6H3,(H-,65,67,69,70)/b14-11+,23-20+,29-27+,55-52-. The van der Waals surface area contributed by atoms with Crippen molar-refractivity contribution in [2.45, 2.75) is 309 Å². The van der Waals surface area contributed by atoms with Crippen LogP contribution in [0, 0.1) is 0 Å². The molecule has 0 saturated carbocycles. The van der Waals surface area contributed by atoms with Gasteiger partial charge in [0.25, 0.3) is 7.82 Å². The second-order valence-electron chi connectivity index (χ2n) is 22.5. The molecule has 0 aliphatic rings. The molecule has 0 fully saturated rings. The minimum absolute atomic E-state index is 0.0231. The summed E-state index contributed by atoms with van der Waals surface area (Å²) in [6.07, 6.45) is 66.6. The van der Waals surface area contributed by atoms with Gasteiger partial charge in [0.15, 0.2) is 0 Å². The third kappa shape index (κ3) is 54.7. The maximum atomic E-state index is 13.5. The molecule has 1 N–H and O–H groups in total. The highest BCUT2D eigenvalue weighted by molar-refractivity contribution is 7.45. The Morgan fingerprint density at radius 2 is 0.865 bits per heavy atom. The van der Waals surface area contributed by atoms with Crippen molar-refractivity contribution in [1.82, 2.24) is 5.32 Å². The van der Waals surface area contributed by atoms with Gasteiger partial charge in [-0.15, -0.1) is 0 Å². The molecule has 434 valence electrons. The first kappa shape index (κ1) is 72.0. The van der Waals surface area contributed by atoms with Gasteiger partial charge in [-0.2, -0.15) is 0 Å². The van der Waals surface area contributed by atoms with E-state index in [-0.39, 0.29) is 31.5 Å². The highest BCUT2D eigenvalue weighted by atomic mass is 31.2. The fourth-order valence-corrected chi connectivity index (χ4v) is 9.87. The molecule has 0 radical (unpaired) electrons. The fraction of sp³-hybridized carbons (Fsp3) is 0.844. The Kier molecular flexibility index (Phi) is 52.8. The molecule has 0 spiro atoms. The Morgan fingerprint density at radius 1 is 0.486 bits per heavy atom. The van der Waals surface area contributed by atoms with Crippen LogP contribution in [-0.4, -0.2) is 69.4 Å². The zero-order valence-corrected chi connectivity index (χ0v) is 50.4. The van der Waals surface area contributed by atoms with Crippen molar-refractivity contribution in [2.24, 2.45) is 0 Å². The average molecular weight is 1060 g/mol. The van der Waals surface area contributed by atoms with Gasteiger partial charge in [-0.1, -0.05) is 250 Å². The number of unbranched alkanes of at least 4 members (excludes halogenated alkanes) is 35. The second-order valence-corrected chi connectivity index (χ2v) is 23.9. The van der Waals surface area contributed by atoms with Crippen molar-refractivity contribution in [2.75, 3.05) is 40.9 Å². The quantitative estimate of drug-likeness (QED) is 0.0212. The number of phosphoric acid groups is 1. The molecule has 0 rings (SSSR count). The largest absolute Gasteiger partial charge is 0.756 e. The Bertz CT molecular complexity index is 1410. The summed E-state index contributed by atoms with van der Waals surface area (Å²) in [6, 6.07) is -0.889. The zero-order valence-electron chi connectivity index (χ0n) is 49.6. The summed E-state index contributed by atoms with van der Waals surface area (Å²) in [5, 5.41) is 3.03. The number of hydrogen-bond acceptors (Lipinski definition) is 7. The Balaban J connectivity index is 5.10. The van der Waals surface area contributed by atoms with E-state index in [2.05, 4.69) is 62.5 Å². The molecule has 0 bridgehead atoms. The van der Waals surface area contributed by atoms with E-state index < -0.39 is 20.0 Å². The number of likely N-dealkylation sites (N-methyl/N-ethyl adjacent to an activating group) is 1. The monoisotopic (exact) mass is 1060 g/mol. The van der Waals surface area contributed by atoms with Gasteiger partial charge in [-0.05, 0) is 83.1 Å². The molecule has 0 saturated heterocycles. The number of carbonyl (C=O) groups is 2. The molecule has 0 heterocycles. The van der Waals surface area contributed by atoms with Crippen molar-refractivity contribution < 1.29 is 37.3 Å². The molecule has 0 aromatic rings. The van der Waals surface area contributed by atoms with E-state index in [4.69, 9.17) is 13.8 Å². The molecule has 0 aliphatic heterocycles. The van der Waals surface area contributed by atoms with Gasteiger partial charge in [0, 0.05) is 12.8 Å². The predicted octanol–water partition coefficient (Wildman–Crippen LogP) is 18.6. The van der Waals surface area contributed by atoms with Crippen molar-refractivity contribution in [3.63, 3.8) is 0 Å². The highest BCUT2D eigenvalue weighted by Gasteiger charge is 2.27. The number of phosphoric ester groups is 1. The van der Waals surface area contributed by atoms with Crippen LogP contribution in [0.25, 0.3) is 0 Å². The number of allylic oxidation sites excluding steroid dienone is 7. The molecule has 0 aromatic heterocycles. The molecule has 1 amide bonds. The van der Waals surface area contributed by atoms with E-state index in [0.29, 0.717) is 17.4 Å². The van der Waals surface area contributed by atoms with Gasteiger partial charge < -0.3 is 28.5 Å². The molecule has 10 heteroatoms. The number of nitrogens with zero attached hydrogens (tertiary/aromatic N) is 1. The number of ether oxygens (including phenoxy) is 1. The van der Waals surface area contributed by atoms with Crippen LogP contribution in [-0.2, 0) is 27.9 Å². The van der Waals surface area contributed by atoms with Gasteiger partial charge in [0.05, 0.1) is 33.8 Å². The second kappa shape index (κ2) is 54.3. The van der Waals surface area contributed by atoms with E-state index in [1.807, 2.05) is 33.3 Å². The molecular formula is C64H121N2O7P. The summed E-state index contributed by atoms with van der Waals surface area (Å²) < 4.78 is 30.3. The molecule has 3 unspecified atom stereocenters. The zero-order chi connectivity index (χ0) is 54.3. The minimum Gasteiger partial charge on any atom is -0.756 e. The summed E-state index contributed by atoms with van der Waals surface area (Å²) in [7, 11) is 1.19. The lowest BCUT2D eigenvalue weighted by atomic mass is 10.0. The van der Waals surface area contributed by atoms with Crippen LogP contribution in [0.5, 0.6) is 0 Å². The van der Waals surface area contributed by atoms with Gasteiger partial charge in [0.1, 0.15) is 19.3 Å². The summed E-state index contributed by atoms with van der Waals surface area (Å²) in [5.74, 6) is -0.543. The van der Waals surface area contributed by atoms with Crippen LogP contribution in [0.15, 0.2) is 48.6 Å². The first-order valence-electron chi connectivity index (χ1n) is 31.4. The van der Waals surface area contributed by atoms with Crippen molar-refractivity contribution >= 4 is 19.7 Å². The van der Waals surface area contributed by atoms with Crippen LogP contribution >= 0.6 is 7.82 Å². The van der Waals surface area contributed by atoms with Gasteiger partial charge in [-0.25, -0.2) is 0 Å². The number of rotatable bonds is 57. The molecular weight excluding hydrogens is 940 g/mol. The Morgan fingerprint density at radius 3 is 1.30 bits per heavy atom.